The minimum atomic E-state index is -3.89. The second-order valence-corrected chi connectivity index (χ2v) is 14.1. The molecule has 0 unspecified atom stereocenters. The van der Waals surface area contributed by atoms with E-state index >= 15 is 0 Å². The number of rotatable bonds is 13. The third-order valence-electron chi connectivity index (χ3n) is 8.43. The van der Waals surface area contributed by atoms with Gasteiger partial charge in [-0.3, -0.25) is 9.69 Å². The average Bonchev–Trinajstić information content (AvgIpc) is 3.81. The van der Waals surface area contributed by atoms with E-state index in [9.17, 15) is 18.3 Å². The number of carbonyl (C=O) groups is 1. The summed E-state index contributed by atoms with van der Waals surface area (Å²) in [6, 6.07) is 14.1. The third-order valence-corrected chi connectivity index (χ3v) is 11.0. The number of benzene rings is 2. The Bertz CT molecular complexity index is 1640. The number of fused-ring (bicyclic) bond motifs is 1. The minimum Gasteiger partial charge on any atom is -0.497 e. The van der Waals surface area contributed by atoms with Crippen molar-refractivity contribution in [2.45, 2.75) is 30.1 Å². The number of sulfonamides is 1. The van der Waals surface area contributed by atoms with Crippen LogP contribution in [0, 0.1) is 0 Å². The van der Waals surface area contributed by atoms with Crippen molar-refractivity contribution in [2.75, 3.05) is 66.4 Å². The van der Waals surface area contributed by atoms with Gasteiger partial charge in [-0.05, 0) is 70.4 Å². The predicted octanol–water partition coefficient (Wildman–Crippen LogP) is 3.24. The summed E-state index contributed by atoms with van der Waals surface area (Å²) in [6.45, 7) is 3.09. The van der Waals surface area contributed by atoms with Gasteiger partial charge in [0.05, 0.1) is 25.2 Å². The molecule has 3 aliphatic heterocycles. The lowest BCUT2D eigenvalue weighted by Crippen LogP contribution is -2.49. The zero-order chi connectivity index (χ0) is 32.8. The number of aliphatic hydroxyl groups excluding tert-OH is 1. The molecule has 0 spiro atoms. The molecule has 4 heterocycles. The van der Waals surface area contributed by atoms with E-state index in [0.717, 1.165) is 29.2 Å². The molecule has 0 aliphatic carbocycles. The van der Waals surface area contributed by atoms with Crippen LogP contribution < -0.4 is 14.2 Å². The smallest absolute Gasteiger partial charge is 0.288 e. The monoisotopic (exact) mass is 685 g/mol. The molecular weight excluding hydrogens is 647 g/mol. The Morgan fingerprint density at radius 3 is 2.55 bits per heavy atom. The van der Waals surface area contributed by atoms with Crippen LogP contribution in [0.1, 0.15) is 23.5 Å². The first-order valence-corrected chi connectivity index (χ1v) is 17.9. The van der Waals surface area contributed by atoms with Crippen LogP contribution in [-0.2, 0) is 30.8 Å². The highest BCUT2D eigenvalue weighted by atomic mass is 32.2. The van der Waals surface area contributed by atoms with Gasteiger partial charge in [0.1, 0.15) is 5.75 Å². The lowest BCUT2D eigenvalue weighted by Gasteiger charge is -2.36. The lowest BCUT2D eigenvalue weighted by molar-refractivity contribution is -0.154. The quantitative estimate of drug-likeness (QED) is 0.287. The molecule has 0 radical (unpaired) electrons. The first-order chi connectivity index (χ1) is 22.8. The largest absolute Gasteiger partial charge is 0.497 e. The van der Waals surface area contributed by atoms with Crippen molar-refractivity contribution >= 4 is 27.3 Å². The molecule has 1 saturated heterocycles. The molecule has 1 amide bonds. The van der Waals surface area contributed by atoms with Crippen molar-refractivity contribution in [3.63, 3.8) is 0 Å². The van der Waals surface area contributed by atoms with Gasteiger partial charge in [-0.15, -0.1) is 0 Å². The number of aliphatic hydroxyl groups is 1. The number of carbonyl (C=O) groups excluding carboxylic acids is 1. The van der Waals surface area contributed by atoms with Crippen molar-refractivity contribution in [3.8, 4) is 17.2 Å². The molecule has 2 atom stereocenters. The first-order valence-electron chi connectivity index (χ1n) is 15.5. The van der Waals surface area contributed by atoms with Crippen molar-refractivity contribution in [1.29, 1.82) is 0 Å². The lowest BCUT2D eigenvalue weighted by atomic mass is 9.95. The van der Waals surface area contributed by atoms with Crippen LogP contribution in [0.15, 0.2) is 76.0 Å². The molecule has 12 nitrogen and oxygen atoms in total. The van der Waals surface area contributed by atoms with Gasteiger partial charge in [-0.1, -0.05) is 6.07 Å². The van der Waals surface area contributed by atoms with E-state index in [1.165, 1.54) is 23.5 Å². The summed E-state index contributed by atoms with van der Waals surface area (Å²) in [4.78, 5) is 17.9. The number of thiophene rings is 1. The summed E-state index contributed by atoms with van der Waals surface area (Å²) in [7, 11) is -2.39. The SMILES string of the molecule is COc1ccc(S(=O)(=O)N(CCO)CCO[C@H]2C[C@@H](c3ccsc3)C=C(C(=O)N3CCN(Cc4ccc5c(c4)OCO5)CC3)O2)cc1. The maximum atomic E-state index is 13.7. The highest BCUT2D eigenvalue weighted by Gasteiger charge is 2.33. The van der Waals surface area contributed by atoms with E-state index in [1.807, 2.05) is 41.1 Å². The fourth-order valence-electron chi connectivity index (χ4n) is 5.84. The standard InChI is InChI=1S/C33H39N3O9S2/c1-41-27-3-5-28(6-4-27)47(39,40)36(13-15-37)14-16-42-32-20-26(25-8-17-46-22-25)19-31(45-32)33(38)35-11-9-34(10-12-35)21-24-2-7-29-30(18-24)44-23-43-29/h2-8,17-19,22,26,32,37H,9-16,20-21,23H2,1H3/t26-,32+/m0/s1. The molecule has 3 aliphatic rings. The Balaban J connectivity index is 1.06. The van der Waals surface area contributed by atoms with E-state index in [-0.39, 0.29) is 55.6 Å². The molecule has 14 heteroatoms. The van der Waals surface area contributed by atoms with Crippen LogP contribution in [0.3, 0.4) is 0 Å². The summed E-state index contributed by atoms with van der Waals surface area (Å²) in [6.07, 6.45) is 1.59. The number of nitrogens with zero attached hydrogens (tertiary/aromatic N) is 3. The average molecular weight is 686 g/mol. The maximum Gasteiger partial charge on any atom is 0.288 e. The molecule has 0 bridgehead atoms. The molecule has 1 N–H and O–H groups in total. The van der Waals surface area contributed by atoms with Gasteiger partial charge in [0.2, 0.25) is 23.1 Å². The van der Waals surface area contributed by atoms with Gasteiger partial charge < -0.3 is 33.7 Å². The number of hydrogen-bond donors (Lipinski definition) is 1. The molecular formula is C33H39N3O9S2. The van der Waals surface area contributed by atoms with Crippen molar-refractivity contribution in [3.05, 3.63) is 82.3 Å². The second kappa shape index (κ2) is 15.0. The van der Waals surface area contributed by atoms with Gasteiger partial charge in [0.25, 0.3) is 5.91 Å². The van der Waals surface area contributed by atoms with Crippen LogP contribution in [0.2, 0.25) is 0 Å². The van der Waals surface area contributed by atoms with Crippen LogP contribution in [0.4, 0.5) is 0 Å². The molecule has 6 rings (SSSR count). The van der Waals surface area contributed by atoms with E-state index in [4.69, 9.17) is 23.7 Å². The van der Waals surface area contributed by atoms with Gasteiger partial charge in [0.15, 0.2) is 17.3 Å². The van der Waals surface area contributed by atoms with Crippen LogP contribution in [-0.4, -0.2) is 106 Å². The number of methoxy groups -OCH3 is 1. The number of ether oxygens (including phenoxy) is 5. The Morgan fingerprint density at radius 1 is 1.04 bits per heavy atom. The number of hydrogen-bond acceptors (Lipinski definition) is 11. The van der Waals surface area contributed by atoms with Crippen molar-refractivity contribution in [2.24, 2.45) is 0 Å². The minimum absolute atomic E-state index is 0.00375. The molecule has 2 aromatic carbocycles. The van der Waals surface area contributed by atoms with E-state index < -0.39 is 16.3 Å². The van der Waals surface area contributed by atoms with Crippen molar-refractivity contribution < 1.29 is 42.0 Å². The zero-order valence-corrected chi connectivity index (χ0v) is 27.8. The number of piperazine rings is 1. The second-order valence-electron chi connectivity index (χ2n) is 11.4. The summed E-state index contributed by atoms with van der Waals surface area (Å²) < 4.78 is 56.1. The Labute approximate surface area is 278 Å². The van der Waals surface area contributed by atoms with Gasteiger partial charge >= 0.3 is 0 Å². The van der Waals surface area contributed by atoms with Gasteiger partial charge in [-0.2, -0.15) is 15.6 Å². The Hall–Kier alpha value is -3.66. The highest BCUT2D eigenvalue weighted by Crippen LogP contribution is 2.34. The van der Waals surface area contributed by atoms with E-state index in [0.29, 0.717) is 38.3 Å². The molecule has 1 fully saturated rings. The fourth-order valence-corrected chi connectivity index (χ4v) is 7.98. The normalized spacial score (nSPS) is 19.8. The predicted molar refractivity (Wildman–Crippen MR) is 174 cm³/mol. The summed E-state index contributed by atoms with van der Waals surface area (Å²) in [5.74, 6) is 2.01. The fraction of sp³-hybridized carbons (Fsp3) is 0.424. The maximum absolute atomic E-state index is 13.7. The molecule has 3 aromatic rings. The number of amides is 1. The Morgan fingerprint density at radius 2 is 1.83 bits per heavy atom. The molecule has 252 valence electrons. The highest BCUT2D eigenvalue weighted by molar-refractivity contribution is 7.89. The van der Waals surface area contributed by atoms with Gasteiger partial charge in [0, 0.05) is 58.2 Å². The summed E-state index contributed by atoms with van der Waals surface area (Å²) in [5, 5.41) is 13.6. The third kappa shape index (κ3) is 7.91. The summed E-state index contributed by atoms with van der Waals surface area (Å²) >= 11 is 1.58. The first kappa shape index (κ1) is 33.2. The topological polar surface area (TPSA) is 127 Å². The Kier molecular flexibility index (Phi) is 10.6. The summed E-state index contributed by atoms with van der Waals surface area (Å²) in [5.41, 5.74) is 2.19. The number of allylic oxidation sites excluding steroid dienone is 1. The zero-order valence-electron chi connectivity index (χ0n) is 26.2. The van der Waals surface area contributed by atoms with Crippen LogP contribution in [0.25, 0.3) is 0 Å². The molecule has 1 aromatic heterocycles. The van der Waals surface area contributed by atoms with E-state index in [2.05, 4.69) is 4.90 Å². The van der Waals surface area contributed by atoms with Crippen LogP contribution >= 0.6 is 11.3 Å². The van der Waals surface area contributed by atoms with Crippen LogP contribution in [0.5, 0.6) is 17.2 Å². The molecule has 0 saturated carbocycles. The van der Waals surface area contributed by atoms with Crippen molar-refractivity contribution in [1.82, 2.24) is 14.1 Å². The van der Waals surface area contributed by atoms with Gasteiger partial charge in [-0.25, -0.2) is 8.42 Å². The van der Waals surface area contributed by atoms with E-state index in [1.54, 1.807) is 28.4 Å². The molecule has 47 heavy (non-hydrogen) atoms.